The largest absolute Gasteiger partial charge is 0.349 e. The van der Waals surface area contributed by atoms with Crippen molar-refractivity contribution in [1.29, 1.82) is 0 Å². The maximum atomic E-state index is 12.6. The summed E-state index contributed by atoms with van der Waals surface area (Å²) in [6.07, 6.45) is 2.07. The van der Waals surface area contributed by atoms with Gasteiger partial charge in [-0.2, -0.15) is 0 Å². The maximum absolute atomic E-state index is 12.6. The lowest BCUT2D eigenvalue weighted by atomic mass is 9.96. The number of carbonyl (C=O) groups excluding carboxylic acids is 1. The number of nitrogens with one attached hydrogen (secondary N) is 1. The summed E-state index contributed by atoms with van der Waals surface area (Å²) in [5.74, 6) is 0.276. The van der Waals surface area contributed by atoms with Gasteiger partial charge in [0.1, 0.15) is 0 Å². The summed E-state index contributed by atoms with van der Waals surface area (Å²) < 4.78 is 0. The minimum atomic E-state index is 0.0585. The summed E-state index contributed by atoms with van der Waals surface area (Å²) in [4.78, 5) is 15.0. The van der Waals surface area contributed by atoms with Crippen LogP contribution in [0.15, 0.2) is 60.7 Å². The van der Waals surface area contributed by atoms with E-state index >= 15 is 0 Å². The molecule has 0 saturated carbocycles. The quantitative estimate of drug-likeness (QED) is 0.908. The van der Waals surface area contributed by atoms with Gasteiger partial charge in [0.15, 0.2) is 0 Å². The smallest absolute Gasteiger partial charge is 0.224 e. The summed E-state index contributed by atoms with van der Waals surface area (Å²) in [7, 11) is 0. The van der Waals surface area contributed by atoms with E-state index in [1.54, 1.807) is 0 Å². The van der Waals surface area contributed by atoms with Crippen LogP contribution >= 0.6 is 0 Å². The number of piperidine rings is 1. The molecule has 0 aromatic heterocycles. The molecule has 1 heterocycles. The molecule has 0 aliphatic carbocycles. The average molecular weight is 322 g/mol. The SMILES string of the molecule is C[C@H](NC(=O)[C@H]1CCCN(Cc2ccccc2)C1)c1ccccc1. The molecule has 1 aliphatic rings. The normalized spacial score (nSPS) is 19.6. The third-order valence-corrected chi connectivity index (χ3v) is 4.78. The zero-order valence-corrected chi connectivity index (χ0v) is 14.3. The molecule has 2 aromatic carbocycles. The highest BCUT2D eigenvalue weighted by molar-refractivity contribution is 5.79. The fourth-order valence-corrected chi connectivity index (χ4v) is 3.41. The number of benzene rings is 2. The Morgan fingerprint density at radius 3 is 2.50 bits per heavy atom. The lowest BCUT2D eigenvalue weighted by Crippen LogP contribution is -2.43. The Hall–Kier alpha value is -2.13. The van der Waals surface area contributed by atoms with Gasteiger partial charge in [0.2, 0.25) is 5.91 Å². The van der Waals surface area contributed by atoms with E-state index in [0.29, 0.717) is 0 Å². The molecule has 1 saturated heterocycles. The first kappa shape index (κ1) is 16.7. The van der Waals surface area contributed by atoms with Gasteiger partial charge < -0.3 is 5.32 Å². The third kappa shape index (κ3) is 4.45. The van der Waals surface area contributed by atoms with Crippen molar-refractivity contribution in [2.75, 3.05) is 13.1 Å². The van der Waals surface area contributed by atoms with E-state index < -0.39 is 0 Å². The van der Waals surface area contributed by atoms with Crippen LogP contribution in [0, 0.1) is 5.92 Å². The molecule has 1 fully saturated rings. The molecule has 24 heavy (non-hydrogen) atoms. The van der Waals surface area contributed by atoms with Crippen molar-refractivity contribution in [3.63, 3.8) is 0 Å². The zero-order valence-electron chi connectivity index (χ0n) is 14.3. The van der Waals surface area contributed by atoms with E-state index in [2.05, 4.69) is 53.5 Å². The summed E-state index contributed by atoms with van der Waals surface area (Å²) >= 11 is 0. The van der Waals surface area contributed by atoms with Gasteiger partial charge in [0.05, 0.1) is 12.0 Å². The van der Waals surface area contributed by atoms with Gasteiger partial charge in [-0.25, -0.2) is 0 Å². The van der Waals surface area contributed by atoms with Gasteiger partial charge in [-0.3, -0.25) is 9.69 Å². The number of hydrogen-bond donors (Lipinski definition) is 1. The van der Waals surface area contributed by atoms with Crippen LogP contribution in [0.1, 0.15) is 36.9 Å². The molecule has 3 heteroatoms. The fraction of sp³-hybridized carbons (Fsp3) is 0.381. The molecular weight excluding hydrogens is 296 g/mol. The molecule has 0 spiro atoms. The van der Waals surface area contributed by atoms with Crippen molar-refractivity contribution >= 4 is 5.91 Å². The fourth-order valence-electron chi connectivity index (χ4n) is 3.41. The van der Waals surface area contributed by atoms with Crippen LogP contribution in [0.5, 0.6) is 0 Å². The van der Waals surface area contributed by atoms with E-state index in [1.165, 1.54) is 5.56 Å². The van der Waals surface area contributed by atoms with Gasteiger partial charge in [0, 0.05) is 13.1 Å². The van der Waals surface area contributed by atoms with Crippen LogP contribution in [0.4, 0.5) is 0 Å². The van der Waals surface area contributed by atoms with E-state index in [-0.39, 0.29) is 17.9 Å². The highest BCUT2D eigenvalue weighted by Crippen LogP contribution is 2.20. The first-order chi connectivity index (χ1) is 11.7. The van der Waals surface area contributed by atoms with Crippen molar-refractivity contribution in [3.8, 4) is 0 Å². The lowest BCUT2D eigenvalue weighted by molar-refractivity contribution is -0.127. The Bertz CT molecular complexity index is 641. The van der Waals surface area contributed by atoms with Crippen LogP contribution < -0.4 is 5.32 Å². The number of amides is 1. The summed E-state index contributed by atoms with van der Waals surface area (Å²) in [5.41, 5.74) is 2.47. The second-order valence-corrected chi connectivity index (χ2v) is 6.70. The Kier molecular flexibility index (Phi) is 5.65. The van der Waals surface area contributed by atoms with Crippen LogP contribution in [0.2, 0.25) is 0 Å². The van der Waals surface area contributed by atoms with Crippen LogP contribution in [0.25, 0.3) is 0 Å². The van der Waals surface area contributed by atoms with Crippen molar-refractivity contribution < 1.29 is 4.79 Å². The first-order valence-corrected chi connectivity index (χ1v) is 8.84. The molecule has 3 rings (SSSR count). The van der Waals surface area contributed by atoms with Crippen molar-refractivity contribution in [2.24, 2.45) is 5.92 Å². The third-order valence-electron chi connectivity index (χ3n) is 4.78. The van der Waals surface area contributed by atoms with Gasteiger partial charge in [-0.05, 0) is 37.4 Å². The molecule has 1 aliphatic heterocycles. The summed E-state index contributed by atoms with van der Waals surface area (Å²) in [6, 6.07) is 20.7. The minimum Gasteiger partial charge on any atom is -0.349 e. The molecule has 2 aromatic rings. The Balaban J connectivity index is 1.55. The number of carbonyl (C=O) groups is 1. The van der Waals surface area contributed by atoms with Crippen LogP contribution in [0.3, 0.4) is 0 Å². The van der Waals surface area contributed by atoms with Crippen LogP contribution in [-0.2, 0) is 11.3 Å². The molecular formula is C21H26N2O. The molecule has 3 nitrogen and oxygen atoms in total. The zero-order chi connectivity index (χ0) is 16.8. The molecule has 2 atom stereocenters. The molecule has 0 unspecified atom stereocenters. The average Bonchev–Trinajstić information content (AvgIpc) is 2.63. The minimum absolute atomic E-state index is 0.0585. The number of rotatable bonds is 5. The first-order valence-electron chi connectivity index (χ1n) is 8.84. The lowest BCUT2D eigenvalue weighted by Gasteiger charge is -2.32. The Labute approximate surface area is 144 Å². The molecule has 0 radical (unpaired) electrons. The van der Waals surface area contributed by atoms with Crippen molar-refractivity contribution in [1.82, 2.24) is 10.2 Å². The van der Waals surface area contributed by atoms with E-state index in [4.69, 9.17) is 0 Å². The highest BCUT2D eigenvalue weighted by atomic mass is 16.2. The Morgan fingerprint density at radius 2 is 1.79 bits per heavy atom. The number of likely N-dealkylation sites (tertiary alicyclic amines) is 1. The second-order valence-electron chi connectivity index (χ2n) is 6.70. The standard InChI is InChI=1S/C21H26N2O/c1-17(19-11-6-3-7-12-19)22-21(24)20-13-8-14-23(16-20)15-18-9-4-2-5-10-18/h2-7,9-12,17,20H,8,13-16H2,1H3,(H,22,24)/t17-,20-/m0/s1. The topological polar surface area (TPSA) is 32.3 Å². The molecule has 1 N–H and O–H groups in total. The monoisotopic (exact) mass is 322 g/mol. The second kappa shape index (κ2) is 8.11. The molecule has 1 amide bonds. The predicted octanol–water partition coefficient (Wildman–Crippen LogP) is 3.78. The number of nitrogens with zero attached hydrogens (tertiary/aromatic N) is 1. The summed E-state index contributed by atoms with van der Waals surface area (Å²) in [6.45, 7) is 4.91. The summed E-state index contributed by atoms with van der Waals surface area (Å²) in [5, 5.41) is 3.18. The van der Waals surface area contributed by atoms with Gasteiger partial charge in [0.25, 0.3) is 0 Å². The maximum Gasteiger partial charge on any atom is 0.224 e. The molecule has 0 bridgehead atoms. The molecule has 126 valence electrons. The van der Waals surface area contributed by atoms with E-state index in [0.717, 1.165) is 38.0 Å². The van der Waals surface area contributed by atoms with Gasteiger partial charge >= 0.3 is 0 Å². The highest BCUT2D eigenvalue weighted by Gasteiger charge is 2.26. The van der Waals surface area contributed by atoms with E-state index in [1.807, 2.05) is 24.3 Å². The Morgan fingerprint density at radius 1 is 1.12 bits per heavy atom. The van der Waals surface area contributed by atoms with Gasteiger partial charge in [-0.1, -0.05) is 60.7 Å². The number of hydrogen-bond acceptors (Lipinski definition) is 2. The van der Waals surface area contributed by atoms with Gasteiger partial charge in [-0.15, -0.1) is 0 Å². The van der Waals surface area contributed by atoms with Crippen molar-refractivity contribution in [3.05, 3.63) is 71.8 Å². The van der Waals surface area contributed by atoms with E-state index in [9.17, 15) is 4.79 Å². The van der Waals surface area contributed by atoms with Crippen molar-refractivity contribution in [2.45, 2.75) is 32.4 Å². The predicted molar refractivity (Wildman–Crippen MR) is 97.4 cm³/mol. The van der Waals surface area contributed by atoms with Crippen LogP contribution in [-0.4, -0.2) is 23.9 Å².